The number of nitrogens with one attached hydrogen (secondary N) is 2. The molecule has 0 saturated carbocycles. The highest BCUT2D eigenvalue weighted by molar-refractivity contribution is 8.02. The van der Waals surface area contributed by atoms with E-state index in [0.29, 0.717) is 30.2 Å². The molecule has 0 bridgehead atoms. The molecule has 2 heterocycles. The van der Waals surface area contributed by atoms with Gasteiger partial charge in [-0.25, -0.2) is 0 Å². The van der Waals surface area contributed by atoms with E-state index in [0.717, 1.165) is 10.6 Å². The van der Waals surface area contributed by atoms with E-state index in [1.54, 1.807) is 52.8 Å². The lowest BCUT2D eigenvalue weighted by Gasteiger charge is -2.14. The molecule has 1 aromatic carbocycles. The van der Waals surface area contributed by atoms with E-state index in [1.807, 2.05) is 17.5 Å². The highest BCUT2D eigenvalue weighted by Crippen LogP contribution is 2.18. The van der Waals surface area contributed by atoms with Gasteiger partial charge in [0.05, 0.1) is 13.2 Å². The third-order valence-corrected chi connectivity index (χ3v) is 4.92. The van der Waals surface area contributed by atoms with Crippen molar-refractivity contribution in [3.63, 3.8) is 0 Å². The van der Waals surface area contributed by atoms with Crippen molar-refractivity contribution < 1.29 is 14.3 Å². The predicted molar refractivity (Wildman–Crippen MR) is 97.1 cm³/mol. The summed E-state index contributed by atoms with van der Waals surface area (Å²) in [6, 6.07) is 10.8. The third kappa shape index (κ3) is 4.39. The molecule has 2 aromatic rings. The predicted octanol–water partition coefficient (Wildman–Crippen LogP) is 3.22. The van der Waals surface area contributed by atoms with Crippen LogP contribution >= 0.6 is 23.1 Å². The maximum atomic E-state index is 12.2. The van der Waals surface area contributed by atoms with Crippen LogP contribution in [0.1, 0.15) is 15.2 Å². The molecule has 0 spiro atoms. The smallest absolute Gasteiger partial charge is 0.291 e. The third-order valence-electron chi connectivity index (χ3n) is 3.26. The van der Waals surface area contributed by atoms with Gasteiger partial charge < -0.3 is 15.4 Å². The number of rotatable bonds is 5. The molecule has 0 unspecified atom stereocenters. The summed E-state index contributed by atoms with van der Waals surface area (Å²) in [5.74, 6) is 0.664. The fourth-order valence-corrected chi connectivity index (χ4v) is 3.37. The average Bonchev–Trinajstić information content (AvgIpc) is 3.14. The number of thioether (sulfide) groups is 1. The zero-order valence-electron chi connectivity index (χ0n) is 12.8. The van der Waals surface area contributed by atoms with Crippen molar-refractivity contribution in [1.29, 1.82) is 0 Å². The highest BCUT2D eigenvalue weighted by Gasteiger charge is 2.15. The van der Waals surface area contributed by atoms with Gasteiger partial charge in [0.1, 0.15) is 0 Å². The number of carbonyl (C=O) groups excluding carboxylic acids is 2. The largest absolute Gasteiger partial charge is 0.487 e. The summed E-state index contributed by atoms with van der Waals surface area (Å²) in [4.78, 5) is 25.4. The van der Waals surface area contributed by atoms with Crippen LogP contribution in [0.5, 0.6) is 0 Å². The summed E-state index contributed by atoms with van der Waals surface area (Å²) in [5.41, 5.74) is 1.06. The Bertz CT molecular complexity index is 757. The van der Waals surface area contributed by atoms with Crippen molar-refractivity contribution in [3.05, 3.63) is 63.4 Å². The molecule has 0 atom stereocenters. The summed E-state index contributed by atoms with van der Waals surface area (Å²) in [5, 5.41) is 9.29. The minimum Gasteiger partial charge on any atom is -0.487 e. The maximum absolute atomic E-state index is 12.2. The summed E-state index contributed by atoms with van der Waals surface area (Å²) < 4.78 is 5.32. The average molecular weight is 360 g/mol. The Morgan fingerprint density at radius 2 is 2.08 bits per heavy atom. The Hall–Kier alpha value is -2.25. The van der Waals surface area contributed by atoms with E-state index in [9.17, 15) is 9.59 Å². The lowest BCUT2D eigenvalue weighted by Crippen LogP contribution is -2.23. The second-order valence-corrected chi connectivity index (χ2v) is 7.01. The maximum Gasteiger partial charge on any atom is 0.291 e. The van der Waals surface area contributed by atoms with Crippen molar-refractivity contribution >= 4 is 40.6 Å². The second-order valence-electron chi connectivity index (χ2n) is 5.00. The molecule has 7 heteroatoms. The minimum absolute atomic E-state index is 0.178. The monoisotopic (exact) mass is 360 g/mol. The van der Waals surface area contributed by atoms with Gasteiger partial charge >= 0.3 is 0 Å². The number of anilines is 1. The first-order valence-electron chi connectivity index (χ1n) is 7.39. The van der Waals surface area contributed by atoms with Crippen LogP contribution in [0.15, 0.2) is 52.9 Å². The number of carbonyl (C=O) groups is 2. The van der Waals surface area contributed by atoms with Crippen LogP contribution in [0.2, 0.25) is 0 Å². The SMILES string of the molecule is O=C(Nc1cccc(C(=O)NCc2cccs2)c1)C1=CSCCO1. The molecule has 1 aromatic heterocycles. The standard InChI is InChI=1S/C17H16N2O3S2/c20-16(18-10-14-5-2-7-24-14)12-3-1-4-13(9-12)19-17(21)15-11-23-8-6-22-15/h1-5,7,9,11H,6,8,10H2,(H,18,20)(H,19,21). The van der Waals surface area contributed by atoms with E-state index in [2.05, 4.69) is 10.6 Å². The van der Waals surface area contributed by atoms with Crippen LogP contribution in [0.25, 0.3) is 0 Å². The lowest BCUT2D eigenvalue weighted by molar-refractivity contribution is -0.116. The molecular formula is C17H16N2O3S2. The molecule has 0 saturated heterocycles. The molecule has 3 rings (SSSR count). The van der Waals surface area contributed by atoms with E-state index in [1.165, 1.54) is 0 Å². The number of benzene rings is 1. The van der Waals surface area contributed by atoms with Gasteiger partial charge in [0.2, 0.25) is 0 Å². The molecule has 0 radical (unpaired) electrons. The fraction of sp³-hybridized carbons (Fsp3) is 0.176. The minimum atomic E-state index is -0.307. The van der Waals surface area contributed by atoms with Crippen LogP contribution < -0.4 is 10.6 Å². The molecule has 1 aliphatic heterocycles. The summed E-state index contributed by atoms with van der Waals surface area (Å²) in [7, 11) is 0. The molecule has 5 nitrogen and oxygen atoms in total. The molecule has 24 heavy (non-hydrogen) atoms. The van der Waals surface area contributed by atoms with E-state index >= 15 is 0 Å². The summed E-state index contributed by atoms with van der Waals surface area (Å²) in [6.45, 7) is 1.01. The molecule has 0 fully saturated rings. The van der Waals surface area contributed by atoms with Crippen molar-refractivity contribution in [1.82, 2.24) is 5.32 Å². The van der Waals surface area contributed by atoms with Gasteiger partial charge in [-0.15, -0.1) is 23.1 Å². The Balaban J connectivity index is 1.61. The van der Waals surface area contributed by atoms with E-state index < -0.39 is 0 Å². The summed E-state index contributed by atoms with van der Waals surface area (Å²) >= 11 is 3.14. The molecule has 124 valence electrons. The van der Waals surface area contributed by atoms with Crippen molar-refractivity contribution in [2.75, 3.05) is 17.7 Å². The van der Waals surface area contributed by atoms with Crippen LogP contribution in [0.3, 0.4) is 0 Å². The highest BCUT2D eigenvalue weighted by atomic mass is 32.2. The Morgan fingerprint density at radius 1 is 1.17 bits per heavy atom. The second kappa shape index (κ2) is 8.03. The summed E-state index contributed by atoms with van der Waals surface area (Å²) in [6.07, 6.45) is 0. The van der Waals surface area contributed by atoms with Gasteiger partial charge in [0.15, 0.2) is 5.76 Å². The fourth-order valence-electron chi connectivity index (χ4n) is 2.10. The topological polar surface area (TPSA) is 67.4 Å². The van der Waals surface area contributed by atoms with E-state index in [-0.39, 0.29) is 11.8 Å². The zero-order chi connectivity index (χ0) is 16.8. The van der Waals surface area contributed by atoms with Crippen LogP contribution in [-0.4, -0.2) is 24.2 Å². The van der Waals surface area contributed by atoms with Crippen LogP contribution in [0, 0.1) is 0 Å². The molecule has 2 amide bonds. The van der Waals surface area contributed by atoms with Gasteiger partial charge in [-0.1, -0.05) is 12.1 Å². The van der Waals surface area contributed by atoms with Crippen molar-refractivity contribution in [3.8, 4) is 0 Å². The number of ether oxygens (including phenoxy) is 1. The Morgan fingerprint density at radius 3 is 2.83 bits per heavy atom. The van der Waals surface area contributed by atoms with Gasteiger partial charge in [-0.3, -0.25) is 9.59 Å². The van der Waals surface area contributed by atoms with Crippen molar-refractivity contribution in [2.45, 2.75) is 6.54 Å². The van der Waals surface area contributed by atoms with Gasteiger partial charge in [0, 0.05) is 27.3 Å². The number of hydrogen-bond acceptors (Lipinski definition) is 5. The van der Waals surface area contributed by atoms with E-state index in [4.69, 9.17) is 4.74 Å². The molecule has 2 N–H and O–H groups in total. The first kappa shape index (κ1) is 16.6. The lowest BCUT2D eigenvalue weighted by atomic mass is 10.2. The molecule has 0 aliphatic carbocycles. The van der Waals surface area contributed by atoms with Gasteiger partial charge in [-0.2, -0.15) is 0 Å². The number of amides is 2. The van der Waals surface area contributed by atoms with Crippen LogP contribution in [-0.2, 0) is 16.1 Å². The Labute approximate surface area is 148 Å². The molecule has 1 aliphatic rings. The number of hydrogen-bond donors (Lipinski definition) is 2. The van der Waals surface area contributed by atoms with Gasteiger partial charge in [-0.05, 0) is 29.6 Å². The van der Waals surface area contributed by atoms with Gasteiger partial charge in [0.25, 0.3) is 11.8 Å². The van der Waals surface area contributed by atoms with Crippen LogP contribution in [0.4, 0.5) is 5.69 Å². The first-order valence-corrected chi connectivity index (χ1v) is 9.32. The number of thiophene rings is 1. The molecular weight excluding hydrogens is 344 g/mol. The Kier molecular flexibility index (Phi) is 5.55. The normalized spacial score (nSPS) is 13.6. The quantitative estimate of drug-likeness (QED) is 0.859. The van der Waals surface area contributed by atoms with Crippen molar-refractivity contribution in [2.24, 2.45) is 0 Å². The zero-order valence-corrected chi connectivity index (χ0v) is 14.4. The first-order chi connectivity index (χ1) is 11.7.